The second kappa shape index (κ2) is 4.29. The quantitative estimate of drug-likeness (QED) is 0.746. The van der Waals surface area contributed by atoms with Crippen molar-refractivity contribution in [3.63, 3.8) is 0 Å². The Bertz CT molecular complexity index is 292. The molecule has 0 radical (unpaired) electrons. The minimum atomic E-state index is 0.0715. The fourth-order valence-electron chi connectivity index (χ4n) is 1.01. The van der Waals surface area contributed by atoms with E-state index in [0.717, 1.165) is 16.1 Å². The van der Waals surface area contributed by atoms with Crippen LogP contribution in [0.3, 0.4) is 0 Å². The first kappa shape index (κ1) is 9.30. The summed E-state index contributed by atoms with van der Waals surface area (Å²) in [6.07, 6.45) is 3.59. The van der Waals surface area contributed by atoms with Gasteiger partial charge in [-0.1, -0.05) is 29.8 Å². The highest BCUT2D eigenvalue weighted by molar-refractivity contribution is 6.30. The average molecular weight is 183 g/mol. The molecule has 1 aromatic carbocycles. The van der Waals surface area contributed by atoms with Gasteiger partial charge in [-0.15, -0.1) is 0 Å². The van der Waals surface area contributed by atoms with Crippen molar-refractivity contribution in [1.29, 1.82) is 0 Å². The highest BCUT2D eigenvalue weighted by Gasteiger charge is 1.93. The molecule has 0 aliphatic carbocycles. The Labute approximate surface area is 77.3 Å². The number of aryl methyl sites for hydroxylation is 1. The van der Waals surface area contributed by atoms with E-state index in [0.29, 0.717) is 0 Å². The summed E-state index contributed by atoms with van der Waals surface area (Å²) in [6.45, 7) is 2.06. The van der Waals surface area contributed by atoms with E-state index in [2.05, 4.69) is 0 Å². The van der Waals surface area contributed by atoms with Crippen molar-refractivity contribution in [2.45, 2.75) is 6.92 Å². The molecular formula is C10H11ClO. The summed E-state index contributed by atoms with van der Waals surface area (Å²) < 4.78 is 0. The fourth-order valence-corrected chi connectivity index (χ4v) is 1.23. The summed E-state index contributed by atoms with van der Waals surface area (Å²) in [4.78, 5) is 0. The molecule has 0 amide bonds. The van der Waals surface area contributed by atoms with Crippen LogP contribution in [0.2, 0.25) is 5.02 Å². The predicted octanol–water partition coefficient (Wildman–Crippen LogP) is 2.65. The SMILES string of the molecule is Cc1cc(Cl)ccc1C=CCO. The number of hydrogen-bond donors (Lipinski definition) is 1. The third-order valence-corrected chi connectivity index (χ3v) is 1.87. The van der Waals surface area contributed by atoms with Crippen molar-refractivity contribution >= 4 is 17.7 Å². The van der Waals surface area contributed by atoms with Crippen LogP contribution in [0.5, 0.6) is 0 Å². The molecule has 0 atom stereocenters. The van der Waals surface area contributed by atoms with Gasteiger partial charge in [-0.05, 0) is 30.2 Å². The molecule has 1 nitrogen and oxygen atoms in total. The van der Waals surface area contributed by atoms with Crippen LogP contribution in [0.15, 0.2) is 24.3 Å². The van der Waals surface area contributed by atoms with Crippen LogP contribution < -0.4 is 0 Å². The van der Waals surface area contributed by atoms with Crippen LogP contribution in [0.4, 0.5) is 0 Å². The van der Waals surface area contributed by atoms with E-state index in [1.807, 2.05) is 31.2 Å². The van der Waals surface area contributed by atoms with E-state index >= 15 is 0 Å². The first-order valence-corrected chi connectivity index (χ1v) is 4.15. The van der Waals surface area contributed by atoms with Gasteiger partial charge in [-0.25, -0.2) is 0 Å². The number of hydrogen-bond acceptors (Lipinski definition) is 1. The van der Waals surface area contributed by atoms with Crippen molar-refractivity contribution in [1.82, 2.24) is 0 Å². The standard InChI is InChI=1S/C10H11ClO/c1-8-7-10(11)5-4-9(8)3-2-6-12/h2-5,7,12H,6H2,1H3. The second-order valence-corrected chi connectivity index (χ2v) is 3.02. The minimum Gasteiger partial charge on any atom is -0.392 e. The van der Waals surface area contributed by atoms with Gasteiger partial charge in [0.2, 0.25) is 0 Å². The Kier molecular flexibility index (Phi) is 3.32. The van der Waals surface area contributed by atoms with Gasteiger partial charge < -0.3 is 5.11 Å². The van der Waals surface area contributed by atoms with Gasteiger partial charge in [0.15, 0.2) is 0 Å². The molecule has 2 heteroatoms. The lowest BCUT2D eigenvalue weighted by atomic mass is 10.1. The monoisotopic (exact) mass is 182 g/mol. The summed E-state index contributed by atoms with van der Waals surface area (Å²) in [5.41, 5.74) is 2.21. The number of halogens is 1. The zero-order valence-corrected chi connectivity index (χ0v) is 7.67. The van der Waals surface area contributed by atoms with Gasteiger partial charge in [0.1, 0.15) is 0 Å². The molecule has 0 unspecified atom stereocenters. The van der Waals surface area contributed by atoms with Crippen LogP contribution >= 0.6 is 11.6 Å². The van der Waals surface area contributed by atoms with Crippen LogP contribution in [-0.4, -0.2) is 11.7 Å². The summed E-state index contributed by atoms with van der Waals surface area (Å²) in [5.74, 6) is 0. The number of aliphatic hydroxyl groups excluding tert-OH is 1. The van der Waals surface area contributed by atoms with E-state index < -0.39 is 0 Å². The third kappa shape index (κ3) is 2.36. The Balaban J connectivity index is 2.94. The lowest BCUT2D eigenvalue weighted by Crippen LogP contribution is -1.80. The van der Waals surface area contributed by atoms with Gasteiger partial charge in [0.05, 0.1) is 6.61 Å². The van der Waals surface area contributed by atoms with Gasteiger partial charge in [-0.3, -0.25) is 0 Å². The smallest absolute Gasteiger partial charge is 0.0615 e. The van der Waals surface area contributed by atoms with E-state index in [-0.39, 0.29) is 6.61 Å². The third-order valence-electron chi connectivity index (χ3n) is 1.63. The number of benzene rings is 1. The molecular weight excluding hydrogens is 172 g/mol. The molecule has 0 saturated heterocycles. The second-order valence-electron chi connectivity index (χ2n) is 2.59. The maximum Gasteiger partial charge on any atom is 0.0615 e. The average Bonchev–Trinajstić information content (AvgIpc) is 2.03. The lowest BCUT2D eigenvalue weighted by Gasteiger charge is -1.99. The zero-order chi connectivity index (χ0) is 8.97. The number of aliphatic hydroxyl groups is 1. The molecule has 1 N–H and O–H groups in total. The molecule has 1 aromatic rings. The van der Waals surface area contributed by atoms with Crippen molar-refractivity contribution in [2.24, 2.45) is 0 Å². The molecule has 12 heavy (non-hydrogen) atoms. The van der Waals surface area contributed by atoms with Crippen LogP contribution in [0.25, 0.3) is 6.08 Å². The normalized spacial score (nSPS) is 10.9. The van der Waals surface area contributed by atoms with E-state index in [9.17, 15) is 0 Å². The van der Waals surface area contributed by atoms with Crippen molar-refractivity contribution in [3.8, 4) is 0 Å². The summed E-state index contributed by atoms with van der Waals surface area (Å²) >= 11 is 5.78. The minimum absolute atomic E-state index is 0.0715. The zero-order valence-electron chi connectivity index (χ0n) is 6.92. The Morgan fingerprint density at radius 1 is 1.50 bits per heavy atom. The predicted molar refractivity (Wildman–Crippen MR) is 52.3 cm³/mol. The molecule has 0 saturated carbocycles. The topological polar surface area (TPSA) is 20.2 Å². The highest BCUT2D eigenvalue weighted by Crippen LogP contribution is 2.15. The van der Waals surface area contributed by atoms with Gasteiger partial charge in [0.25, 0.3) is 0 Å². The first-order chi connectivity index (χ1) is 5.74. The Morgan fingerprint density at radius 3 is 2.83 bits per heavy atom. The Hall–Kier alpha value is -0.790. The van der Waals surface area contributed by atoms with E-state index in [1.54, 1.807) is 6.08 Å². The molecule has 0 aromatic heterocycles. The van der Waals surface area contributed by atoms with Crippen molar-refractivity contribution in [3.05, 3.63) is 40.4 Å². The van der Waals surface area contributed by atoms with Crippen LogP contribution in [-0.2, 0) is 0 Å². The number of rotatable bonds is 2. The molecule has 64 valence electrons. The van der Waals surface area contributed by atoms with Crippen LogP contribution in [0.1, 0.15) is 11.1 Å². The molecule has 0 aliphatic rings. The summed E-state index contributed by atoms with van der Waals surface area (Å²) in [6, 6.07) is 5.67. The van der Waals surface area contributed by atoms with Crippen molar-refractivity contribution in [2.75, 3.05) is 6.61 Å². The molecule has 0 bridgehead atoms. The van der Waals surface area contributed by atoms with Gasteiger partial charge in [-0.2, -0.15) is 0 Å². The first-order valence-electron chi connectivity index (χ1n) is 3.77. The molecule has 0 spiro atoms. The van der Waals surface area contributed by atoms with Crippen molar-refractivity contribution < 1.29 is 5.11 Å². The van der Waals surface area contributed by atoms with E-state index in [4.69, 9.17) is 16.7 Å². The van der Waals surface area contributed by atoms with E-state index in [1.165, 1.54) is 0 Å². The molecule has 0 fully saturated rings. The molecule has 0 aliphatic heterocycles. The highest BCUT2D eigenvalue weighted by atomic mass is 35.5. The maximum absolute atomic E-state index is 8.56. The van der Waals surface area contributed by atoms with Gasteiger partial charge >= 0.3 is 0 Å². The maximum atomic E-state index is 8.56. The van der Waals surface area contributed by atoms with Crippen LogP contribution in [0, 0.1) is 6.92 Å². The fraction of sp³-hybridized carbons (Fsp3) is 0.200. The molecule has 0 heterocycles. The Morgan fingerprint density at radius 2 is 2.25 bits per heavy atom. The largest absolute Gasteiger partial charge is 0.392 e. The summed E-state index contributed by atoms with van der Waals surface area (Å²) in [7, 11) is 0. The summed E-state index contributed by atoms with van der Waals surface area (Å²) in [5, 5.41) is 9.30. The van der Waals surface area contributed by atoms with Gasteiger partial charge in [0, 0.05) is 5.02 Å². The molecule has 1 rings (SSSR count). The lowest BCUT2D eigenvalue weighted by molar-refractivity contribution is 0.343.